The first-order valence-corrected chi connectivity index (χ1v) is 9.70. The minimum Gasteiger partial charge on any atom is -0.507 e. The summed E-state index contributed by atoms with van der Waals surface area (Å²) in [5, 5.41) is 21.4. The summed E-state index contributed by atoms with van der Waals surface area (Å²) in [6.07, 6.45) is 0.420. The zero-order valence-corrected chi connectivity index (χ0v) is 15.5. The van der Waals surface area contributed by atoms with Crippen LogP contribution in [0.5, 0.6) is 17.2 Å². The SMILES string of the molecule is COc1ccc(O)c(C2=NN3[C@@H](c4ccsc4)Oc4ccccc4[C@@H]3C2)c1. The molecule has 0 saturated heterocycles. The number of methoxy groups -OCH3 is 1. The van der Waals surface area contributed by atoms with Crippen molar-refractivity contribution in [2.45, 2.75) is 18.7 Å². The fourth-order valence-electron chi connectivity index (χ4n) is 3.71. The molecule has 1 aromatic heterocycles. The molecular formula is C21H18N2O3S. The maximum Gasteiger partial charge on any atom is 0.214 e. The van der Waals surface area contributed by atoms with Crippen LogP contribution >= 0.6 is 11.3 Å². The van der Waals surface area contributed by atoms with Gasteiger partial charge in [0, 0.05) is 23.1 Å². The Morgan fingerprint density at radius 3 is 2.93 bits per heavy atom. The molecular weight excluding hydrogens is 360 g/mol. The molecule has 2 aromatic carbocycles. The molecule has 6 heteroatoms. The Kier molecular flexibility index (Phi) is 3.79. The number of para-hydroxylation sites is 1. The fraction of sp³-hybridized carbons (Fsp3) is 0.190. The van der Waals surface area contributed by atoms with Crippen LogP contribution in [0.1, 0.15) is 35.4 Å². The Bertz CT molecular complexity index is 1020. The molecule has 2 aliphatic rings. The molecule has 5 nitrogen and oxygen atoms in total. The van der Waals surface area contributed by atoms with Gasteiger partial charge in [-0.2, -0.15) is 16.4 Å². The first-order chi connectivity index (χ1) is 13.2. The Morgan fingerprint density at radius 1 is 1.22 bits per heavy atom. The number of ether oxygens (including phenoxy) is 2. The highest BCUT2D eigenvalue weighted by molar-refractivity contribution is 7.07. The quantitative estimate of drug-likeness (QED) is 0.717. The van der Waals surface area contributed by atoms with Crippen LogP contribution in [0, 0.1) is 0 Å². The van der Waals surface area contributed by atoms with Gasteiger partial charge >= 0.3 is 0 Å². The van der Waals surface area contributed by atoms with Gasteiger partial charge in [-0.1, -0.05) is 18.2 Å². The van der Waals surface area contributed by atoms with Crippen molar-refractivity contribution in [2.75, 3.05) is 7.11 Å². The van der Waals surface area contributed by atoms with Crippen molar-refractivity contribution >= 4 is 17.0 Å². The molecule has 0 spiro atoms. The summed E-state index contributed by atoms with van der Waals surface area (Å²) < 4.78 is 11.6. The second kappa shape index (κ2) is 6.32. The minimum absolute atomic E-state index is 0.0699. The Morgan fingerprint density at radius 2 is 2.11 bits per heavy atom. The van der Waals surface area contributed by atoms with E-state index < -0.39 is 0 Å². The fourth-order valence-corrected chi connectivity index (χ4v) is 4.37. The third-order valence-electron chi connectivity index (χ3n) is 5.04. The van der Waals surface area contributed by atoms with Gasteiger partial charge in [0.2, 0.25) is 6.23 Å². The average molecular weight is 378 g/mol. The number of phenolic OH excluding ortho intramolecular Hbond substituents is 1. The van der Waals surface area contributed by atoms with Gasteiger partial charge in [-0.05, 0) is 41.1 Å². The Labute approximate surface area is 161 Å². The summed E-state index contributed by atoms with van der Waals surface area (Å²) in [5.74, 6) is 1.79. The van der Waals surface area contributed by atoms with E-state index >= 15 is 0 Å². The highest BCUT2D eigenvalue weighted by atomic mass is 32.1. The smallest absolute Gasteiger partial charge is 0.214 e. The second-order valence-corrected chi connectivity index (χ2v) is 7.37. The lowest BCUT2D eigenvalue weighted by Gasteiger charge is -2.37. The van der Waals surface area contributed by atoms with E-state index in [0.29, 0.717) is 17.7 Å². The van der Waals surface area contributed by atoms with E-state index in [1.807, 2.05) is 34.7 Å². The van der Waals surface area contributed by atoms with Gasteiger partial charge in [0.05, 0.1) is 18.9 Å². The third-order valence-corrected chi connectivity index (χ3v) is 5.74. The van der Waals surface area contributed by atoms with Gasteiger partial charge in [0.15, 0.2) is 0 Å². The van der Waals surface area contributed by atoms with E-state index in [1.165, 1.54) is 0 Å². The summed E-state index contributed by atoms with van der Waals surface area (Å²) >= 11 is 1.64. The van der Waals surface area contributed by atoms with E-state index in [9.17, 15) is 5.11 Å². The van der Waals surface area contributed by atoms with Crippen LogP contribution in [0.4, 0.5) is 0 Å². The lowest BCUT2D eigenvalue weighted by molar-refractivity contribution is -0.0187. The number of rotatable bonds is 3. The number of fused-ring (bicyclic) bond motifs is 3. The number of thiophene rings is 1. The van der Waals surface area contributed by atoms with Gasteiger partial charge in [-0.25, -0.2) is 5.01 Å². The van der Waals surface area contributed by atoms with E-state index in [0.717, 1.165) is 22.6 Å². The van der Waals surface area contributed by atoms with Crippen molar-refractivity contribution in [3.05, 3.63) is 76.0 Å². The van der Waals surface area contributed by atoms with Crippen LogP contribution in [0.3, 0.4) is 0 Å². The first kappa shape index (κ1) is 16.2. The summed E-state index contributed by atoms with van der Waals surface area (Å²) in [5.41, 5.74) is 3.73. The zero-order valence-electron chi connectivity index (χ0n) is 14.7. The number of nitrogens with zero attached hydrogens (tertiary/aromatic N) is 2. The second-order valence-electron chi connectivity index (χ2n) is 6.59. The van der Waals surface area contributed by atoms with E-state index in [4.69, 9.17) is 14.6 Å². The van der Waals surface area contributed by atoms with Gasteiger partial charge in [0.25, 0.3) is 0 Å². The first-order valence-electron chi connectivity index (χ1n) is 8.75. The lowest BCUT2D eigenvalue weighted by Crippen LogP contribution is -2.33. The molecule has 3 aromatic rings. The van der Waals surface area contributed by atoms with E-state index in [2.05, 4.69) is 17.5 Å². The van der Waals surface area contributed by atoms with Crippen molar-refractivity contribution in [3.63, 3.8) is 0 Å². The lowest BCUT2D eigenvalue weighted by atomic mass is 9.95. The molecule has 5 rings (SSSR count). The highest BCUT2D eigenvalue weighted by Crippen LogP contribution is 2.48. The van der Waals surface area contributed by atoms with Crippen molar-refractivity contribution in [2.24, 2.45) is 5.10 Å². The summed E-state index contributed by atoms with van der Waals surface area (Å²) in [7, 11) is 1.62. The topological polar surface area (TPSA) is 54.3 Å². The normalized spacial score (nSPS) is 20.5. The van der Waals surface area contributed by atoms with Gasteiger partial charge in [0.1, 0.15) is 17.2 Å². The zero-order chi connectivity index (χ0) is 18.4. The molecule has 0 aliphatic carbocycles. The molecule has 0 unspecified atom stereocenters. The van der Waals surface area contributed by atoms with Gasteiger partial charge in [-0.15, -0.1) is 0 Å². The molecule has 2 atom stereocenters. The van der Waals surface area contributed by atoms with Crippen LogP contribution in [-0.2, 0) is 0 Å². The minimum atomic E-state index is -0.276. The molecule has 2 aliphatic heterocycles. The van der Waals surface area contributed by atoms with Crippen molar-refractivity contribution in [1.82, 2.24) is 5.01 Å². The molecule has 0 amide bonds. The summed E-state index contributed by atoms with van der Waals surface area (Å²) in [4.78, 5) is 0. The standard InChI is InChI=1S/C21H18N2O3S/c1-25-14-6-7-19(24)16(10-14)17-11-18-15-4-2-3-5-20(15)26-21(23(18)22-17)13-8-9-27-12-13/h2-10,12,18,21,24H,11H2,1H3/t18-,21+/m0/s1. The summed E-state index contributed by atoms with van der Waals surface area (Å²) in [6, 6.07) is 15.5. The molecule has 0 saturated carbocycles. The number of hydrogen-bond donors (Lipinski definition) is 1. The van der Waals surface area contributed by atoms with Gasteiger partial charge < -0.3 is 14.6 Å². The Hall–Kier alpha value is -2.99. The van der Waals surface area contributed by atoms with Crippen LogP contribution < -0.4 is 9.47 Å². The molecule has 0 fully saturated rings. The molecule has 1 N–H and O–H groups in total. The molecule has 27 heavy (non-hydrogen) atoms. The van der Waals surface area contributed by atoms with Crippen molar-refractivity contribution in [3.8, 4) is 17.2 Å². The van der Waals surface area contributed by atoms with Crippen LogP contribution in [-0.4, -0.2) is 22.9 Å². The van der Waals surface area contributed by atoms with Crippen LogP contribution in [0.2, 0.25) is 0 Å². The average Bonchev–Trinajstić information content (AvgIpc) is 3.38. The number of phenols is 1. The van der Waals surface area contributed by atoms with Crippen LogP contribution in [0.25, 0.3) is 0 Å². The van der Waals surface area contributed by atoms with Crippen molar-refractivity contribution < 1.29 is 14.6 Å². The number of hydrogen-bond acceptors (Lipinski definition) is 6. The number of aromatic hydroxyl groups is 1. The third kappa shape index (κ3) is 2.64. The molecule has 136 valence electrons. The molecule has 3 heterocycles. The number of hydrazone groups is 1. The predicted octanol–water partition coefficient (Wildman–Crippen LogP) is 4.70. The molecule has 0 bridgehead atoms. The van der Waals surface area contributed by atoms with Crippen molar-refractivity contribution in [1.29, 1.82) is 0 Å². The van der Waals surface area contributed by atoms with Crippen LogP contribution in [0.15, 0.2) is 64.4 Å². The largest absolute Gasteiger partial charge is 0.507 e. The molecule has 0 radical (unpaired) electrons. The van der Waals surface area contributed by atoms with Gasteiger partial charge in [-0.3, -0.25) is 0 Å². The monoisotopic (exact) mass is 378 g/mol. The summed E-state index contributed by atoms with van der Waals surface area (Å²) in [6.45, 7) is 0. The highest BCUT2D eigenvalue weighted by Gasteiger charge is 2.41. The Balaban J connectivity index is 1.60. The predicted molar refractivity (Wildman–Crippen MR) is 105 cm³/mol. The maximum absolute atomic E-state index is 10.4. The van der Waals surface area contributed by atoms with E-state index in [1.54, 1.807) is 30.6 Å². The maximum atomic E-state index is 10.4. The number of benzene rings is 2. The van der Waals surface area contributed by atoms with E-state index in [-0.39, 0.29) is 18.0 Å².